The molecular weight excluding hydrogens is 423 g/mol. The van der Waals surface area contributed by atoms with Gasteiger partial charge in [0.1, 0.15) is 11.5 Å². The van der Waals surface area contributed by atoms with Crippen molar-refractivity contribution in [2.45, 2.75) is 19.9 Å². The number of carbonyl (C=O) groups is 1. The van der Waals surface area contributed by atoms with Crippen LogP contribution in [0.2, 0.25) is 0 Å². The van der Waals surface area contributed by atoms with Gasteiger partial charge in [-0.05, 0) is 49.7 Å². The van der Waals surface area contributed by atoms with Crippen molar-refractivity contribution >= 4 is 34.4 Å². The van der Waals surface area contributed by atoms with Crippen LogP contribution in [0, 0.1) is 5.82 Å². The molecule has 8 nitrogen and oxygen atoms in total. The first-order chi connectivity index (χ1) is 15.9. The standard InChI is InChI=1S/C24H23FN6O2/c1-14(2)31-21-16(13-27-23(26-3)30-21)11-18(22(31)32)15-9-10-19(25)20(12-15)29-24(33)28-17-7-5-4-6-8-17/h4-14H,1-3H3,(H,26,27,30)(H2,28,29,33). The summed E-state index contributed by atoms with van der Waals surface area (Å²) in [7, 11) is 1.70. The van der Waals surface area contributed by atoms with Crippen LogP contribution in [0.25, 0.3) is 22.2 Å². The van der Waals surface area contributed by atoms with Gasteiger partial charge in [-0.2, -0.15) is 4.98 Å². The van der Waals surface area contributed by atoms with Crippen LogP contribution in [0.15, 0.2) is 65.6 Å². The number of nitrogens with one attached hydrogen (secondary N) is 3. The van der Waals surface area contributed by atoms with Gasteiger partial charge in [0.2, 0.25) is 5.95 Å². The first kappa shape index (κ1) is 21.9. The molecule has 2 amide bonds. The van der Waals surface area contributed by atoms with Crippen LogP contribution in [-0.4, -0.2) is 27.6 Å². The predicted molar refractivity (Wildman–Crippen MR) is 128 cm³/mol. The lowest BCUT2D eigenvalue weighted by Crippen LogP contribution is -2.25. The number of para-hydroxylation sites is 1. The maximum absolute atomic E-state index is 14.5. The van der Waals surface area contributed by atoms with Gasteiger partial charge in [0.05, 0.1) is 5.69 Å². The fraction of sp³-hybridized carbons (Fsp3) is 0.167. The van der Waals surface area contributed by atoms with E-state index in [1.807, 2.05) is 19.9 Å². The molecule has 0 aliphatic heterocycles. The molecule has 2 aromatic carbocycles. The highest BCUT2D eigenvalue weighted by Crippen LogP contribution is 2.26. The number of carbonyl (C=O) groups excluding carboxylic acids is 1. The van der Waals surface area contributed by atoms with E-state index in [0.29, 0.717) is 33.8 Å². The Morgan fingerprint density at radius 3 is 2.52 bits per heavy atom. The van der Waals surface area contributed by atoms with E-state index in [0.717, 1.165) is 0 Å². The van der Waals surface area contributed by atoms with Crippen LogP contribution in [0.5, 0.6) is 0 Å². The molecule has 4 aromatic rings. The number of rotatable bonds is 5. The molecular formula is C24H23FN6O2. The molecule has 168 valence electrons. The number of amides is 2. The number of halogens is 1. The van der Waals surface area contributed by atoms with E-state index < -0.39 is 11.8 Å². The monoisotopic (exact) mass is 446 g/mol. The fourth-order valence-electron chi connectivity index (χ4n) is 3.52. The maximum atomic E-state index is 14.5. The second-order valence-corrected chi connectivity index (χ2v) is 7.69. The van der Waals surface area contributed by atoms with Crippen LogP contribution < -0.4 is 21.5 Å². The minimum Gasteiger partial charge on any atom is -0.357 e. The first-order valence-corrected chi connectivity index (χ1v) is 10.4. The van der Waals surface area contributed by atoms with Gasteiger partial charge < -0.3 is 16.0 Å². The Morgan fingerprint density at radius 2 is 1.82 bits per heavy atom. The lowest BCUT2D eigenvalue weighted by atomic mass is 10.0. The van der Waals surface area contributed by atoms with Crippen LogP contribution in [0.3, 0.4) is 0 Å². The van der Waals surface area contributed by atoms with Crippen molar-refractivity contribution < 1.29 is 9.18 Å². The van der Waals surface area contributed by atoms with E-state index in [1.165, 1.54) is 18.2 Å². The fourth-order valence-corrected chi connectivity index (χ4v) is 3.52. The highest BCUT2D eigenvalue weighted by atomic mass is 19.1. The Labute approximate surface area is 189 Å². The van der Waals surface area contributed by atoms with Gasteiger partial charge in [-0.15, -0.1) is 0 Å². The summed E-state index contributed by atoms with van der Waals surface area (Å²) in [6, 6.07) is 13.9. The first-order valence-electron chi connectivity index (χ1n) is 10.4. The van der Waals surface area contributed by atoms with Gasteiger partial charge in [0.15, 0.2) is 0 Å². The van der Waals surface area contributed by atoms with E-state index in [2.05, 4.69) is 25.9 Å². The van der Waals surface area contributed by atoms with E-state index in [9.17, 15) is 14.0 Å². The van der Waals surface area contributed by atoms with Gasteiger partial charge in [-0.3, -0.25) is 9.36 Å². The molecule has 0 aliphatic rings. The summed E-state index contributed by atoms with van der Waals surface area (Å²) >= 11 is 0. The number of benzene rings is 2. The van der Waals surface area contributed by atoms with Crippen molar-refractivity contribution in [2.75, 3.05) is 23.0 Å². The number of anilines is 3. The predicted octanol–water partition coefficient (Wildman–Crippen LogP) is 4.86. The molecule has 3 N–H and O–H groups in total. The topological polar surface area (TPSA) is 101 Å². The van der Waals surface area contributed by atoms with E-state index in [-0.39, 0.29) is 17.3 Å². The molecule has 0 fully saturated rings. The van der Waals surface area contributed by atoms with E-state index in [1.54, 1.807) is 48.1 Å². The Hall–Kier alpha value is -4.27. The normalized spacial score (nSPS) is 10.9. The summed E-state index contributed by atoms with van der Waals surface area (Å²) in [5, 5.41) is 8.69. The molecule has 0 unspecified atom stereocenters. The summed E-state index contributed by atoms with van der Waals surface area (Å²) in [4.78, 5) is 34.4. The second-order valence-electron chi connectivity index (χ2n) is 7.69. The zero-order chi connectivity index (χ0) is 23.5. The van der Waals surface area contributed by atoms with Crippen molar-refractivity contribution in [2.24, 2.45) is 0 Å². The highest BCUT2D eigenvalue weighted by molar-refractivity contribution is 6.00. The van der Waals surface area contributed by atoms with Crippen molar-refractivity contribution in [3.8, 4) is 11.1 Å². The van der Waals surface area contributed by atoms with Crippen LogP contribution in [0.1, 0.15) is 19.9 Å². The smallest absolute Gasteiger partial charge is 0.323 e. The molecule has 4 rings (SSSR count). The molecule has 33 heavy (non-hydrogen) atoms. The third-order valence-electron chi connectivity index (χ3n) is 5.07. The molecule has 9 heteroatoms. The Kier molecular flexibility index (Phi) is 6.03. The molecule has 0 atom stereocenters. The van der Waals surface area contributed by atoms with Crippen molar-refractivity contribution in [1.29, 1.82) is 0 Å². The van der Waals surface area contributed by atoms with Gasteiger partial charge in [-0.25, -0.2) is 14.2 Å². The molecule has 0 bridgehead atoms. The number of fused-ring (bicyclic) bond motifs is 1. The minimum atomic E-state index is -0.617. The third kappa shape index (κ3) is 4.52. The zero-order valence-electron chi connectivity index (χ0n) is 18.4. The van der Waals surface area contributed by atoms with Crippen LogP contribution >= 0.6 is 0 Å². The highest BCUT2D eigenvalue weighted by Gasteiger charge is 2.17. The van der Waals surface area contributed by atoms with Gasteiger partial charge in [0, 0.05) is 35.9 Å². The zero-order valence-corrected chi connectivity index (χ0v) is 18.4. The number of hydrogen-bond acceptors (Lipinski definition) is 5. The molecule has 0 radical (unpaired) electrons. The van der Waals surface area contributed by atoms with Crippen LogP contribution in [0.4, 0.5) is 26.5 Å². The summed E-state index contributed by atoms with van der Waals surface area (Å²) in [6.07, 6.45) is 1.63. The molecule has 0 aliphatic carbocycles. The van der Waals surface area contributed by atoms with Gasteiger partial charge >= 0.3 is 6.03 Å². The molecule has 0 saturated heterocycles. The second kappa shape index (κ2) is 9.07. The number of pyridine rings is 1. The molecule has 2 aromatic heterocycles. The van der Waals surface area contributed by atoms with Crippen molar-refractivity contribution in [3.05, 3.63) is 77.0 Å². The number of hydrogen-bond donors (Lipinski definition) is 3. The molecule has 2 heterocycles. The number of urea groups is 1. The Morgan fingerprint density at radius 1 is 1.06 bits per heavy atom. The SMILES string of the molecule is CNc1ncc2cc(-c3ccc(F)c(NC(=O)Nc4ccccc4)c3)c(=O)n(C(C)C)c2n1. The van der Waals surface area contributed by atoms with Crippen molar-refractivity contribution in [3.63, 3.8) is 0 Å². The van der Waals surface area contributed by atoms with E-state index >= 15 is 0 Å². The summed E-state index contributed by atoms with van der Waals surface area (Å²) < 4.78 is 16.1. The Bertz CT molecular complexity index is 1390. The number of nitrogens with zero attached hydrogens (tertiary/aromatic N) is 3. The lowest BCUT2D eigenvalue weighted by molar-refractivity contribution is 0.262. The van der Waals surface area contributed by atoms with Gasteiger partial charge in [-0.1, -0.05) is 24.3 Å². The minimum absolute atomic E-state index is 0.0432. The van der Waals surface area contributed by atoms with Crippen LogP contribution in [-0.2, 0) is 0 Å². The lowest BCUT2D eigenvalue weighted by Gasteiger charge is -2.16. The van der Waals surface area contributed by atoms with Crippen molar-refractivity contribution in [1.82, 2.24) is 14.5 Å². The largest absolute Gasteiger partial charge is 0.357 e. The summed E-state index contributed by atoms with van der Waals surface area (Å²) in [5.41, 5.74) is 1.57. The van der Waals surface area contributed by atoms with Gasteiger partial charge in [0.25, 0.3) is 5.56 Å². The maximum Gasteiger partial charge on any atom is 0.323 e. The third-order valence-corrected chi connectivity index (χ3v) is 5.07. The Balaban J connectivity index is 1.75. The molecule has 0 saturated carbocycles. The summed E-state index contributed by atoms with van der Waals surface area (Å²) in [5.74, 6) is -0.212. The summed E-state index contributed by atoms with van der Waals surface area (Å²) in [6.45, 7) is 3.77. The number of aromatic nitrogens is 3. The average Bonchev–Trinajstić information content (AvgIpc) is 2.80. The molecule has 0 spiro atoms. The average molecular weight is 446 g/mol. The van der Waals surface area contributed by atoms with E-state index in [4.69, 9.17) is 0 Å². The quantitative estimate of drug-likeness (QED) is 0.406.